The Hall–Kier alpha value is -1.52. The Morgan fingerprint density at radius 1 is 1.43 bits per heavy atom. The molecule has 21 heavy (non-hydrogen) atoms. The lowest BCUT2D eigenvalue weighted by atomic mass is 9.93. The van der Waals surface area contributed by atoms with Crippen molar-refractivity contribution < 1.29 is 13.9 Å². The Kier molecular flexibility index (Phi) is 3.26. The van der Waals surface area contributed by atoms with Crippen molar-refractivity contribution in [2.75, 3.05) is 13.6 Å². The standard InChI is InChI=1S/C14H18F2N4O/c1-19-7-2-11-10(8-19)12-14(15,16)4-3-13(21,5-6-17)9-20(12)18-11/h21H,2-5,7-9H2,1H3/t13-/m1/s1. The van der Waals surface area contributed by atoms with E-state index in [0.717, 1.165) is 6.54 Å². The molecule has 0 unspecified atom stereocenters. The highest BCUT2D eigenvalue weighted by Crippen LogP contribution is 2.43. The molecule has 7 heteroatoms. The van der Waals surface area contributed by atoms with Crippen molar-refractivity contribution in [1.82, 2.24) is 14.7 Å². The second-order valence-electron chi connectivity index (χ2n) is 6.18. The first-order valence-corrected chi connectivity index (χ1v) is 7.09. The number of aromatic nitrogens is 2. The molecular weight excluding hydrogens is 278 g/mol. The molecule has 0 saturated carbocycles. The van der Waals surface area contributed by atoms with Crippen LogP contribution in [0, 0.1) is 11.3 Å². The van der Waals surface area contributed by atoms with Gasteiger partial charge in [0.25, 0.3) is 5.92 Å². The van der Waals surface area contributed by atoms with Crippen LogP contribution in [0.5, 0.6) is 0 Å². The molecule has 2 aliphatic heterocycles. The molecule has 0 radical (unpaired) electrons. The predicted molar refractivity (Wildman–Crippen MR) is 70.6 cm³/mol. The predicted octanol–water partition coefficient (Wildman–Crippen LogP) is 1.40. The Balaban J connectivity index is 2.08. The molecule has 2 aliphatic rings. The van der Waals surface area contributed by atoms with Gasteiger partial charge in [-0.15, -0.1) is 0 Å². The highest BCUT2D eigenvalue weighted by atomic mass is 19.3. The van der Waals surface area contributed by atoms with E-state index in [0.29, 0.717) is 24.2 Å². The molecule has 0 spiro atoms. The molecule has 0 aromatic carbocycles. The smallest absolute Gasteiger partial charge is 0.289 e. The molecule has 0 bridgehead atoms. The van der Waals surface area contributed by atoms with E-state index in [4.69, 9.17) is 5.26 Å². The van der Waals surface area contributed by atoms with E-state index in [9.17, 15) is 13.9 Å². The number of hydrogen-bond acceptors (Lipinski definition) is 4. The molecule has 5 nitrogen and oxygen atoms in total. The van der Waals surface area contributed by atoms with Crippen LogP contribution in [0.1, 0.15) is 36.2 Å². The molecule has 0 saturated heterocycles. The van der Waals surface area contributed by atoms with Gasteiger partial charge in [-0.25, -0.2) is 0 Å². The maximum absolute atomic E-state index is 14.5. The van der Waals surface area contributed by atoms with Crippen molar-refractivity contribution in [1.29, 1.82) is 5.26 Å². The number of fused-ring (bicyclic) bond motifs is 3. The fraction of sp³-hybridized carbons (Fsp3) is 0.714. The lowest BCUT2D eigenvalue weighted by Gasteiger charge is -2.24. The van der Waals surface area contributed by atoms with E-state index in [2.05, 4.69) is 5.10 Å². The molecule has 114 valence electrons. The van der Waals surface area contributed by atoms with Crippen LogP contribution in [0.2, 0.25) is 0 Å². The van der Waals surface area contributed by atoms with Gasteiger partial charge in [0.1, 0.15) is 5.69 Å². The molecule has 1 N–H and O–H groups in total. The van der Waals surface area contributed by atoms with Crippen molar-refractivity contribution in [3.8, 4) is 6.07 Å². The number of likely N-dealkylation sites (N-methyl/N-ethyl adjacent to an activating group) is 1. The van der Waals surface area contributed by atoms with Crippen LogP contribution in [-0.4, -0.2) is 39.0 Å². The van der Waals surface area contributed by atoms with E-state index in [1.165, 1.54) is 4.68 Å². The number of aliphatic hydroxyl groups is 1. The SMILES string of the molecule is CN1CCc2nn3c(c2C1)C(F)(F)CC[C@@](O)(CC#N)C3. The van der Waals surface area contributed by atoms with Crippen LogP contribution in [0.15, 0.2) is 0 Å². The minimum Gasteiger partial charge on any atom is -0.387 e. The van der Waals surface area contributed by atoms with Gasteiger partial charge in [-0.3, -0.25) is 4.68 Å². The first-order valence-electron chi connectivity index (χ1n) is 7.09. The van der Waals surface area contributed by atoms with Gasteiger partial charge in [-0.05, 0) is 13.5 Å². The molecule has 3 rings (SSSR count). The average molecular weight is 296 g/mol. The van der Waals surface area contributed by atoms with E-state index in [1.54, 1.807) is 0 Å². The van der Waals surface area contributed by atoms with Gasteiger partial charge in [0.15, 0.2) is 0 Å². The summed E-state index contributed by atoms with van der Waals surface area (Å²) in [6.07, 6.45) is -0.0693. The van der Waals surface area contributed by atoms with Gasteiger partial charge in [-0.2, -0.15) is 19.1 Å². The summed E-state index contributed by atoms with van der Waals surface area (Å²) < 4.78 is 30.3. The summed E-state index contributed by atoms with van der Waals surface area (Å²) in [4.78, 5) is 1.99. The topological polar surface area (TPSA) is 65.1 Å². The van der Waals surface area contributed by atoms with Gasteiger partial charge in [-0.1, -0.05) is 0 Å². The molecule has 0 fully saturated rings. The summed E-state index contributed by atoms with van der Waals surface area (Å²) in [5.74, 6) is -3.02. The Morgan fingerprint density at radius 2 is 2.19 bits per heavy atom. The van der Waals surface area contributed by atoms with Crippen molar-refractivity contribution in [3.63, 3.8) is 0 Å². The third-order valence-electron chi connectivity index (χ3n) is 4.40. The number of nitriles is 1. The lowest BCUT2D eigenvalue weighted by Crippen LogP contribution is -2.33. The summed E-state index contributed by atoms with van der Waals surface area (Å²) in [6.45, 7) is 1.20. The fourth-order valence-corrected chi connectivity index (χ4v) is 3.24. The minimum absolute atomic E-state index is 0.0395. The normalized spacial score (nSPS) is 28.3. The van der Waals surface area contributed by atoms with E-state index in [1.807, 2.05) is 18.0 Å². The van der Waals surface area contributed by atoms with Crippen LogP contribution < -0.4 is 0 Å². The van der Waals surface area contributed by atoms with Crippen molar-refractivity contribution >= 4 is 0 Å². The van der Waals surface area contributed by atoms with Crippen molar-refractivity contribution in [3.05, 3.63) is 17.0 Å². The summed E-state index contributed by atoms with van der Waals surface area (Å²) in [5, 5.41) is 23.5. The Bertz CT molecular complexity index is 607. The van der Waals surface area contributed by atoms with Gasteiger partial charge in [0.05, 0.1) is 30.3 Å². The van der Waals surface area contributed by atoms with Gasteiger partial charge >= 0.3 is 0 Å². The lowest BCUT2D eigenvalue weighted by molar-refractivity contribution is -0.0394. The summed E-state index contributed by atoms with van der Waals surface area (Å²) in [7, 11) is 1.90. The fourth-order valence-electron chi connectivity index (χ4n) is 3.24. The van der Waals surface area contributed by atoms with Crippen molar-refractivity contribution in [2.24, 2.45) is 0 Å². The molecule has 1 aromatic rings. The van der Waals surface area contributed by atoms with Gasteiger partial charge < -0.3 is 10.0 Å². The zero-order chi connectivity index (χ0) is 15.3. The molecule has 1 aromatic heterocycles. The number of alkyl halides is 2. The number of nitrogens with zero attached hydrogens (tertiary/aromatic N) is 4. The van der Waals surface area contributed by atoms with Gasteiger partial charge in [0, 0.05) is 31.5 Å². The number of rotatable bonds is 1. The van der Waals surface area contributed by atoms with Crippen LogP contribution in [0.4, 0.5) is 8.78 Å². The highest BCUT2D eigenvalue weighted by Gasteiger charge is 2.46. The van der Waals surface area contributed by atoms with E-state index < -0.39 is 17.9 Å². The summed E-state index contributed by atoms with van der Waals surface area (Å²) in [6, 6.07) is 1.89. The first-order chi connectivity index (χ1) is 9.85. The number of halogens is 2. The second kappa shape index (κ2) is 4.75. The summed E-state index contributed by atoms with van der Waals surface area (Å²) >= 11 is 0. The van der Waals surface area contributed by atoms with Crippen molar-refractivity contribution in [2.45, 2.75) is 50.3 Å². The maximum atomic E-state index is 14.5. The minimum atomic E-state index is -3.02. The van der Waals surface area contributed by atoms with Crippen LogP contribution in [0.25, 0.3) is 0 Å². The number of hydrogen-bond donors (Lipinski definition) is 1. The third-order valence-corrected chi connectivity index (χ3v) is 4.40. The monoisotopic (exact) mass is 296 g/mol. The zero-order valence-corrected chi connectivity index (χ0v) is 11.9. The Labute approximate surface area is 121 Å². The quantitative estimate of drug-likeness (QED) is 0.851. The Morgan fingerprint density at radius 3 is 2.90 bits per heavy atom. The van der Waals surface area contributed by atoms with E-state index >= 15 is 0 Å². The molecule has 0 aliphatic carbocycles. The molecule has 3 heterocycles. The summed E-state index contributed by atoms with van der Waals surface area (Å²) in [5.41, 5.74) is -0.207. The molecule has 1 atom stereocenters. The van der Waals surface area contributed by atoms with Gasteiger partial charge in [0.2, 0.25) is 0 Å². The average Bonchev–Trinajstić information content (AvgIpc) is 2.70. The molecule has 0 amide bonds. The first kappa shape index (κ1) is 14.4. The maximum Gasteiger partial charge on any atom is 0.289 e. The van der Waals surface area contributed by atoms with Crippen LogP contribution >= 0.6 is 0 Å². The second-order valence-corrected chi connectivity index (χ2v) is 6.18. The van der Waals surface area contributed by atoms with Crippen LogP contribution in [0.3, 0.4) is 0 Å². The highest BCUT2D eigenvalue weighted by molar-refractivity contribution is 5.32. The molecular formula is C14H18F2N4O. The van der Waals surface area contributed by atoms with Crippen LogP contribution in [-0.2, 0) is 25.4 Å². The largest absolute Gasteiger partial charge is 0.387 e. The zero-order valence-electron chi connectivity index (χ0n) is 11.9. The van der Waals surface area contributed by atoms with E-state index in [-0.39, 0.29) is 25.1 Å². The third kappa shape index (κ3) is 2.43.